The van der Waals surface area contributed by atoms with Crippen molar-refractivity contribution in [2.24, 2.45) is 0 Å². The van der Waals surface area contributed by atoms with Gasteiger partial charge in [0.15, 0.2) is 0 Å². The molecule has 5 heteroatoms. The quantitative estimate of drug-likeness (QED) is 0.943. The Balaban J connectivity index is 2.20. The predicted octanol–water partition coefficient (Wildman–Crippen LogP) is 3.06. The molecule has 0 radical (unpaired) electrons. The van der Waals surface area contributed by atoms with Crippen LogP contribution in [-0.4, -0.2) is 17.0 Å². The number of ether oxygens (including phenoxy) is 1. The summed E-state index contributed by atoms with van der Waals surface area (Å²) >= 11 is 3.47. The molecule has 0 aliphatic heterocycles. The minimum Gasteiger partial charge on any atom is -0.436 e. The number of aromatic nitrogens is 2. The monoisotopic (exact) mass is 307 g/mol. The van der Waals surface area contributed by atoms with E-state index in [1.54, 1.807) is 12.4 Å². The first-order chi connectivity index (χ1) is 8.69. The summed E-state index contributed by atoms with van der Waals surface area (Å²) in [7, 11) is 1.87. The van der Waals surface area contributed by atoms with Crippen LogP contribution in [0.4, 0.5) is 0 Å². The molecule has 1 aromatic carbocycles. The van der Waals surface area contributed by atoms with E-state index in [1.807, 2.05) is 32.2 Å². The van der Waals surface area contributed by atoms with Crippen LogP contribution < -0.4 is 10.1 Å². The van der Waals surface area contributed by atoms with E-state index in [0.717, 1.165) is 15.9 Å². The van der Waals surface area contributed by atoms with Crippen LogP contribution in [0.3, 0.4) is 0 Å². The molecule has 94 valence electrons. The second-order valence-corrected chi connectivity index (χ2v) is 4.77. The lowest BCUT2D eigenvalue weighted by Crippen LogP contribution is -2.07. The fraction of sp³-hybridized carbons (Fsp3) is 0.231. The number of halogens is 1. The fourth-order valence-electron chi connectivity index (χ4n) is 1.50. The van der Waals surface area contributed by atoms with Crippen LogP contribution >= 0.6 is 15.9 Å². The molecular formula is C13H14BrN3O. The van der Waals surface area contributed by atoms with E-state index >= 15 is 0 Å². The Morgan fingerprint density at radius 3 is 2.89 bits per heavy atom. The Morgan fingerprint density at radius 1 is 1.33 bits per heavy atom. The lowest BCUT2D eigenvalue weighted by Gasteiger charge is -2.08. The topological polar surface area (TPSA) is 47.0 Å². The Labute approximate surface area is 115 Å². The largest absolute Gasteiger partial charge is 0.436 e. The van der Waals surface area contributed by atoms with E-state index in [9.17, 15) is 0 Å². The van der Waals surface area contributed by atoms with Gasteiger partial charge < -0.3 is 10.1 Å². The highest BCUT2D eigenvalue weighted by Gasteiger charge is 2.05. The maximum absolute atomic E-state index is 5.70. The summed E-state index contributed by atoms with van der Waals surface area (Å²) in [5.41, 5.74) is 2.02. The van der Waals surface area contributed by atoms with Gasteiger partial charge in [0.05, 0.1) is 16.4 Å². The van der Waals surface area contributed by atoms with Crippen molar-refractivity contribution >= 4 is 15.9 Å². The first-order valence-electron chi connectivity index (χ1n) is 5.58. The standard InChI is InChI=1S/C13H14BrN3O/c1-9-3-4-12(11(14)5-9)18-13-8-16-7-10(17-13)6-15-2/h3-5,7-8,15H,6H2,1-2H3. The minimum atomic E-state index is 0.493. The fourth-order valence-corrected chi connectivity index (χ4v) is 2.08. The van der Waals surface area contributed by atoms with E-state index in [1.165, 1.54) is 5.56 Å². The highest BCUT2D eigenvalue weighted by atomic mass is 79.9. The van der Waals surface area contributed by atoms with Crippen LogP contribution in [0, 0.1) is 6.92 Å². The van der Waals surface area contributed by atoms with Crippen molar-refractivity contribution in [3.05, 3.63) is 46.3 Å². The third-order valence-corrected chi connectivity index (χ3v) is 2.94. The van der Waals surface area contributed by atoms with Gasteiger partial charge in [-0.1, -0.05) is 6.07 Å². The summed E-state index contributed by atoms with van der Waals surface area (Å²) < 4.78 is 6.61. The summed E-state index contributed by atoms with van der Waals surface area (Å²) in [6.07, 6.45) is 3.32. The molecule has 18 heavy (non-hydrogen) atoms. The first-order valence-corrected chi connectivity index (χ1v) is 6.38. The molecule has 0 unspecified atom stereocenters. The summed E-state index contributed by atoms with van der Waals surface area (Å²) in [6.45, 7) is 2.70. The second kappa shape index (κ2) is 5.93. The smallest absolute Gasteiger partial charge is 0.238 e. The van der Waals surface area contributed by atoms with E-state index in [0.29, 0.717) is 12.4 Å². The maximum atomic E-state index is 5.70. The van der Waals surface area contributed by atoms with Crippen molar-refractivity contribution in [1.82, 2.24) is 15.3 Å². The van der Waals surface area contributed by atoms with Gasteiger partial charge in [-0.2, -0.15) is 0 Å². The van der Waals surface area contributed by atoms with Gasteiger partial charge in [-0.05, 0) is 47.6 Å². The van der Waals surface area contributed by atoms with Crippen molar-refractivity contribution in [2.45, 2.75) is 13.5 Å². The molecule has 0 aliphatic rings. The second-order valence-electron chi connectivity index (χ2n) is 3.91. The average Bonchev–Trinajstić information content (AvgIpc) is 2.34. The third kappa shape index (κ3) is 3.27. The molecule has 0 saturated heterocycles. The number of hydrogen-bond donors (Lipinski definition) is 1. The molecule has 2 rings (SSSR count). The lowest BCUT2D eigenvalue weighted by atomic mass is 10.2. The molecule has 1 aromatic heterocycles. The van der Waals surface area contributed by atoms with Gasteiger partial charge in [0.25, 0.3) is 0 Å². The highest BCUT2D eigenvalue weighted by molar-refractivity contribution is 9.10. The van der Waals surface area contributed by atoms with Crippen LogP contribution in [0.25, 0.3) is 0 Å². The number of aryl methyl sites for hydroxylation is 1. The van der Waals surface area contributed by atoms with E-state index < -0.39 is 0 Å². The summed E-state index contributed by atoms with van der Waals surface area (Å²) in [5, 5.41) is 3.03. The van der Waals surface area contributed by atoms with Crippen molar-refractivity contribution in [3.63, 3.8) is 0 Å². The van der Waals surface area contributed by atoms with Crippen molar-refractivity contribution in [3.8, 4) is 11.6 Å². The zero-order valence-electron chi connectivity index (χ0n) is 10.3. The molecular weight excluding hydrogens is 294 g/mol. The minimum absolute atomic E-state index is 0.493. The van der Waals surface area contributed by atoms with Crippen molar-refractivity contribution in [1.29, 1.82) is 0 Å². The summed E-state index contributed by atoms with van der Waals surface area (Å²) in [6, 6.07) is 5.90. The summed E-state index contributed by atoms with van der Waals surface area (Å²) in [5.74, 6) is 1.23. The number of benzene rings is 1. The molecule has 0 bridgehead atoms. The first kappa shape index (κ1) is 13.0. The van der Waals surface area contributed by atoms with E-state index in [4.69, 9.17) is 4.74 Å². The van der Waals surface area contributed by atoms with Crippen molar-refractivity contribution < 1.29 is 4.74 Å². The van der Waals surface area contributed by atoms with Crippen LogP contribution in [0.2, 0.25) is 0 Å². The van der Waals surface area contributed by atoms with Gasteiger partial charge >= 0.3 is 0 Å². The van der Waals surface area contributed by atoms with Crippen LogP contribution in [0.5, 0.6) is 11.6 Å². The normalized spacial score (nSPS) is 10.4. The maximum Gasteiger partial charge on any atom is 0.238 e. The van der Waals surface area contributed by atoms with Crippen molar-refractivity contribution in [2.75, 3.05) is 7.05 Å². The molecule has 0 saturated carbocycles. The molecule has 0 spiro atoms. The zero-order chi connectivity index (χ0) is 13.0. The average molecular weight is 308 g/mol. The lowest BCUT2D eigenvalue weighted by molar-refractivity contribution is 0.454. The van der Waals surface area contributed by atoms with Gasteiger partial charge in [-0.3, -0.25) is 4.98 Å². The van der Waals surface area contributed by atoms with Gasteiger partial charge in [0, 0.05) is 12.7 Å². The Hall–Kier alpha value is -1.46. The van der Waals surface area contributed by atoms with E-state index in [-0.39, 0.29) is 0 Å². The zero-order valence-corrected chi connectivity index (χ0v) is 11.9. The molecule has 0 aliphatic carbocycles. The van der Waals surface area contributed by atoms with Crippen LogP contribution in [-0.2, 0) is 6.54 Å². The molecule has 1 heterocycles. The van der Waals surface area contributed by atoms with Gasteiger partial charge in [-0.25, -0.2) is 4.98 Å². The molecule has 0 atom stereocenters. The van der Waals surface area contributed by atoms with Crippen LogP contribution in [0.1, 0.15) is 11.3 Å². The van der Waals surface area contributed by atoms with Gasteiger partial charge in [0.2, 0.25) is 5.88 Å². The summed E-state index contributed by atoms with van der Waals surface area (Å²) in [4.78, 5) is 8.46. The number of hydrogen-bond acceptors (Lipinski definition) is 4. The molecule has 0 fully saturated rings. The Bertz CT molecular complexity index is 546. The number of rotatable bonds is 4. The van der Waals surface area contributed by atoms with Gasteiger partial charge in [0.1, 0.15) is 5.75 Å². The highest BCUT2D eigenvalue weighted by Crippen LogP contribution is 2.29. The third-order valence-electron chi connectivity index (χ3n) is 2.32. The molecule has 0 amide bonds. The molecule has 4 nitrogen and oxygen atoms in total. The Kier molecular flexibility index (Phi) is 4.28. The number of nitrogens with zero attached hydrogens (tertiary/aromatic N) is 2. The Morgan fingerprint density at radius 2 is 2.17 bits per heavy atom. The van der Waals surface area contributed by atoms with E-state index in [2.05, 4.69) is 31.2 Å². The predicted molar refractivity (Wildman–Crippen MR) is 73.7 cm³/mol. The SMILES string of the molecule is CNCc1cncc(Oc2ccc(C)cc2Br)n1. The van der Waals surface area contributed by atoms with Gasteiger partial charge in [-0.15, -0.1) is 0 Å². The molecule has 1 N–H and O–H groups in total. The number of nitrogens with one attached hydrogen (secondary N) is 1. The molecule has 2 aromatic rings. The van der Waals surface area contributed by atoms with Crippen LogP contribution in [0.15, 0.2) is 35.1 Å².